The maximum Gasteiger partial charge on any atom is 0.348 e. The van der Waals surface area contributed by atoms with E-state index in [1.165, 1.54) is 0 Å². The largest absolute Gasteiger partial charge is 0.492 e. The van der Waals surface area contributed by atoms with E-state index < -0.39 is 11.6 Å². The normalized spacial score (nSPS) is 14.6. The molecule has 6 heteroatoms. The predicted octanol–water partition coefficient (Wildman–Crippen LogP) is 4.43. The van der Waals surface area contributed by atoms with Gasteiger partial charge in [-0.05, 0) is 48.9 Å². The summed E-state index contributed by atoms with van der Waals surface area (Å²) in [7, 11) is 0. The number of carboxylic acid groups (broad SMARTS) is 1. The van der Waals surface area contributed by atoms with E-state index >= 15 is 0 Å². The van der Waals surface area contributed by atoms with Crippen LogP contribution in [-0.2, 0) is 11.2 Å². The third kappa shape index (κ3) is 5.14. The molecule has 0 amide bonds. The van der Waals surface area contributed by atoms with E-state index in [4.69, 9.17) is 14.2 Å². The zero-order chi connectivity index (χ0) is 22.4. The molecule has 3 aromatic rings. The molecule has 6 nitrogen and oxygen atoms in total. The van der Waals surface area contributed by atoms with E-state index in [0.717, 1.165) is 35.8 Å². The van der Waals surface area contributed by atoms with Crippen molar-refractivity contribution in [1.82, 2.24) is 0 Å². The second-order valence-electron chi connectivity index (χ2n) is 7.92. The van der Waals surface area contributed by atoms with Gasteiger partial charge in [-0.15, -0.1) is 0 Å². The molecule has 0 bridgehead atoms. The SMILES string of the molecule is CC(Cc1ccc(OCCN2CCOc3ccccc32)cc1)(Oc1ccccc1)C(=O)O. The summed E-state index contributed by atoms with van der Waals surface area (Å²) in [5.74, 6) is 1.17. The minimum atomic E-state index is -1.37. The van der Waals surface area contributed by atoms with E-state index in [1.807, 2.05) is 60.7 Å². The van der Waals surface area contributed by atoms with Crippen LogP contribution in [0.4, 0.5) is 5.69 Å². The Morgan fingerprint density at radius 1 is 1.00 bits per heavy atom. The number of carboxylic acids is 1. The first-order valence-corrected chi connectivity index (χ1v) is 10.7. The van der Waals surface area contributed by atoms with Gasteiger partial charge in [0.25, 0.3) is 0 Å². The summed E-state index contributed by atoms with van der Waals surface area (Å²) < 4.78 is 17.4. The molecule has 1 unspecified atom stereocenters. The fraction of sp³-hybridized carbons (Fsp3) is 0.269. The number of anilines is 1. The lowest BCUT2D eigenvalue weighted by Gasteiger charge is -2.31. The number of aliphatic carboxylic acids is 1. The maximum atomic E-state index is 11.9. The van der Waals surface area contributed by atoms with Crippen LogP contribution in [0.3, 0.4) is 0 Å². The Bertz CT molecular complexity index is 1040. The van der Waals surface area contributed by atoms with Gasteiger partial charge < -0.3 is 24.2 Å². The molecule has 1 atom stereocenters. The van der Waals surface area contributed by atoms with E-state index in [2.05, 4.69) is 11.0 Å². The molecule has 0 spiro atoms. The van der Waals surface area contributed by atoms with Crippen molar-refractivity contribution in [3.8, 4) is 17.2 Å². The van der Waals surface area contributed by atoms with Crippen molar-refractivity contribution < 1.29 is 24.1 Å². The fourth-order valence-electron chi connectivity index (χ4n) is 3.73. The van der Waals surface area contributed by atoms with E-state index in [-0.39, 0.29) is 6.42 Å². The molecule has 0 aliphatic carbocycles. The highest BCUT2D eigenvalue weighted by Crippen LogP contribution is 2.30. The van der Waals surface area contributed by atoms with Gasteiger partial charge in [0.1, 0.15) is 30.5 Å². The van der Waals surface area contributed by atoms with Crippen molar-refractivity contribution in [1.29, 1.82) is 0 Å². The maximum absolute atomic E-state index is 11.9. The third-order valence-electron chi connectivity index (χ3n) is 5.46. The Morgan fingerprint density at radius 3 is 2.47 bits per heavy atom. The van der Waals surface area contributed by atoms with Crippen molar-refractivity contribution in [3.05, 3.63) is 84.4 Å². The highest BCUT2D eigenvalue weighted by Gasteiger charge is 2.36. The highest BCUT2D eigenvalue weighted by molar-refractivity contribution is 5.78. The van der Waals surface area contributed by atoms with Crippen LogP contribution < -0.4 is 19.1 Å². The zero-order valence-corrected chi connectivity index (χ0v) is 18.1. The Morgan fingerprint density at radius 2 is 1.72 bits per heavy atom. The van der Waals surface area contributed by atoms with Gasteiger partial charge >= 0.3 is 5.97 Å². The topological polar surface area (TPSA) is 68.2 Å². The molecule has 3 aromatic carbocycles. The quantitative estimate of drug-likeness (QED) is 0.539. The molecule has 32 heavy (non-hydrogen) atoms. The van der Waals surface area contributed by atoms with Crippen molar-refractivity contribution >= 4 is 11.7 Å². The first-order valence-electron chi connectivity index (χ1n) is 10.7. The molecule has 0 aromatic heterocycles. The van der Waals surface area contributed by atoms with Crippen LogP contribution in [0, 0.1) is 0 Å². The smallest absolute Gasteiger partial charge is 0.348 e. The number of fused-ring (bicyclic) bond motifs is 1. The highest BCUT2D eigenvalue weighted by atomic mass is 16.5. The van der Waals surface area contributed by atoms with Gasteiger partial charge in [-0.25, -0.2) is 4.79 Å². The second kappa shape index (κ2) is 9.64. The van der Waals surface area contributed by atoms with Crippen LogP contribution in [0.25, 0.3) is 0 Å². The summed E-state index contributed by atoms with van der Waals surface area (Å²) in [6, 6.07) is 24.5. The van der Waals surface area contributed by atoms with Crippen molar-refractivity contribution in [2.75, 3.05) is 31.2 Å². The molecule has 1 heterocycles. The average Bonchev–Trinajstić information content (AvgIpc) is 2.81. The summed E-state index contributed by atoms with van der Waals surface area (Å²) in [6.07, 6.45) is 0.238. The molecule has 1 aliphatic heterocycles. The number of rotatable bonds is 9. The molecule has 166 valence electrons. The van der Waals surface area contributed by atoms with E-state index in [9.17, 15) is 9.90 Å². The summed E-state index contributed by atoms with van der Waals surface area (Å²) in [6.45, 7) is 4.38. The molecule has 0 saturated heterocycles. The lowest BCUT2D eigenvalue weighted by molar-refractivity contribution is -0.153. The average molecular weight is 434 g/mol. The Balaban J connectivity index is 1.33. The molecule has 4 rings (SSSR count). The first-order chi connectivity index (χ1) is 15.5. The first kappa shape index (κ1) is 21.6. The van der Waals surface area contributed by atoms with Gasteiger partial charge in [-0.2, -0.15) is 0 Å². The lowest BCUT2D eigenvalue weighted by Crippen LogP contribution is -2.43. The summed E-state index contributed by atoms with van der Waals surface area (Å²) >= 11 is 0. The fourth-order valence-corrected chi connectivity index (χ4v) is 3.73. The molecular formula is C26H27NO5. The van der Waals surface area contributed by atoms with Gasteiger partial charge in [-0.3, -0.25) is 0 Å². The van der Waals surface area contributed by atoms with Crippen LogP contribution in [0.5, 0.6) is 17.2 Å². The number of hydrogen-bond donors (Lipinski definition) is 1. The van der Waals surface area contributed by atoms with Gasteiger partial charge in [0.15, 0.2) is 0 Å². The van der Waals surface area contributed by atoms with Gasteiger partial charge in [-0.1, -0.05) is 42.5 Å². The van der Waals surface area contributed by atoms with Crippen LogP contribution in [-0.4, -0.2) is 43.0 Å². The van der Waals surface area contributed by atoms with Crippen molar-refractivity contribution in [2.45, 2.75) is 18.9 Å². The number of nitrogens with zero attached hydrogens (tertiary/aromatic N) is 1. The Kier molecular flexibility index (Phi) is 6.50. The molecule has 0 saturated carbocycles. The van der Waals surface area contributed by atoms with Gasteiger partial charge in [0.05, 0.1) is 18.8 Å². The lowest BCUT2D eigenvalue weighted by atomic mass is 9.96. The molecule has 1 N–H and O–H groups in total. The Labute approximate surface area is 188 Å². The minimum Gasteiger partial charge on any atom is -0.492 e. The van der Waals surface area contributed by atoms with Gasteiger partial charge in [0, 0.05) is 6.42 Å². The standard InChI is InChI=1S/C26H27NO5/c1-26(25(28)29,32-22-7-3-2-4-8-22)19-20-11-13-21(14-12-20)30-17-15-27-16-18-31-24-10-6-5-9-23(24)27/h2-14H,15-19H2,1H3,(H,28,29). The summed E-state index contributed by atoms with van der Waals surface area (Å²) in [5, 5.41) is 9.76. The summed E-state index contributed by atoms with van der Waals surface area (Å²) in [5.41, 5.74) is 0.581. The zero-order valence-electron chi connectivity index (χ0n) is 18.1. The van der Waals surface area contributed by atoms with Crippen LogP contribution in [0.1, 0.15) is 12.5 Å². The number of hydrogen-bond acceptors (Lipinski definition) is 5. The van der Waals surface area contributed by atoms with Crippen molar-refractivity contribution in [2.24, 2.45) is 0 Å². The Hall–Kier alpha value is -3.67. The molecular weight excluding hydrogens is 406 g/mol. The number of carbonyl (C=O) groups is 1. The minimum absolute atomic E-state index is 0.238. The summed E-state index contributed by atoms with van der Waals surface area (Å²) in [4.78, 5) is 14.2. The molecule has 0 fully saturated rings. The van der Waals surface area contributed by atoms with Crippen LogP contribution >= 0.6 is 0 Å². The third-order valence-corrected chi connectivity index (χ3v) is 5.46. The molecule has 0 radical (unpaired) electrons. The van der Waals surface area contributed by atoms with Crippen molar-refractivity contribution in [3.63, 3.8) is 0 Å². The number of para-hydroxylation sites is 3. The molecule has 1 aliphatic rings. The van der Waals surface area contributed by atoms with Crippen LogP contribution in [0.15, 0.2) is 78.9 Å². The second-order valence-corrected chi connectivity index (χ2v) is 7.92. The number of ether oxygens (including phenoxy) is 3. The number of benzene rings is 3. The van der Waals surface area contributed by atoms with Crippen LogP contribution in [0.2, 0.25) is 0 Å². The predicted molar refractivity (Wildman–Crippen MR) is 123 cm³/mol. The monoisotopic (exact) mass is 433 g/mol. The van der Waals surface area contributed by atoms with E-state index in [0.29, 0.717) is 19.0 Å². The van der Waals surface area contributed by atoms with Gasteiger partial charge in [0.2, 0.25) is 5.60 Å². The van der Waals surface area contributed by atoms with E-state index in [1.54, 1.807) is 19.1 Å².